The fourth-order valence-corrected chi connectivity index (χ4v) is 0.551. The Morgan fingerprint density at radius 1 is 0.833 bits per heavy atom. The zero-order valence-corrected chi connectivity index (χ0v) is 7.88. The molecule has 0 saturated carbocycles. The molecular formula is C12H16. The third kappa shape index (κ3) is 5.48. The molecule has 0 aliphatic rings. The molecule has 0 atom stereocenters. The highest BCUT2D eigenvalue weighted by atomic mass is 13.8. The summed E-state index contributed by atoms with van der Waals surface area (Å²) in [6.07, 6.45) is 11.7. The second-order valence-electron chi connectivity index (χ2n) is 2.61. The Balaban J connectivity index is 4.09. The van der Waals surface area contributed by atoms with E-state index in [2.05, 4.69) is 13.2 Å². The van der Waals surface area contributed by atoms with Crippen LogP contribution in [0.4, 0.5) is 0 Å². The van der Waals surface area contributed by atoms with Gasteiger partial charge in [-0.1, -0.05) is 60.8 Å². The van der Waals surface area contributed by atoms with Gasteiger partial charge in [-0.25, -0.2) is 0 Å². The van der Waals surface area contributed by atoms with Crippen LogP contribution in [0.1, 0.15) is 13.8 Å². The Labute approximate surface area is 75.3 Å². The minimum Gasteiger partial charge on any atom is -0.0988 e. The Morgan fingerprint density at radius 3 is 1.42 bits per heavy atom. The van der Waals surface area contributed by atoms with Crippen LogP contribution < -0.4 is 0 Å². The van der Waals surface area contributed by atoms with Gasteiger partial charge in [-0.15, -0.1) is 0 Å². The van der Waals surface area contributed by atoms with Gasteiger partial charge in [-0.2, -0.15) is 0 Å². The van der Waals surface area contributed by atoms with Crippen LogP contribution in [-0.2, 0) is 0 Å². The molecule has 0 saturated heterocycles. The highest BCUT2D eigenvalue weighted by Gasteiger charge is 1.74. The monoisotopic (exact) mass is 160 g/mol. The van der Waals surface area contributed by atoms with Crippen LogP contribution >= 0.6 is 0 Å². The largest absolute Gasteiger partial charge is 0.0988 e. The highest BCUT2D eigenvalue weighted by molar-refractivity contribution is 5.25. The maximum absolute atomic E-state index is 3.66. The average molecular weight is 160 g/mol. The summed E-state index contributed by atoms with van der Waals surface area (Å²) in [5, 5.41) is 0. The molecule has 0 heterocycles. The molecule has 0 heteroatoms. The molecule has 0 rings (SSSR count). The average Bonchev–Trinajstić information content (AvgIpc) is 2.11. The smallest absolute Gasteiger partial charge is 0.0398 e. The van der Waals surface area contributed by atoms with Crippen molar-refractivity contribution in [2.45, 2.75) is 13.8 Å². The zero-order valence-electron chi connectivity index (χ0n) is 7.88. The first-order valence-electron chi connectivity index (χ1n) is 3.97. The van der Waals surface area contributed by atoms with Gasteiger partial charge in [0.1, 0.15) is 0 Å². The standard InChI is InChI=1S/C12H16/c1-5-11(3)9-7-8-10-12(4)6-2/h5-10H,1-2H2,3-4H3. The molecule has 0 unspecified atom stereocenters. The molecule has 0 amide bonds. The molecule has 0 N–H and O–H groups in total. The van der Waals surface area contributed by atoms with E-state index < -0.39 is 0 Å². The lowest BCUT2D eigenvalue weighted by molar-refractivity contribution is 1.52. The van der Waals surface area contributed by atoms with E-state index in [0.29, 0.717) is 0 Å². The van der Waals surface area contributed by atoms with Gasteiger partial charge in [0.15, 0.2) is 0 Å². The second kappa shape index (κ2) is 6.41. The van der Waals surface area contributed by atoms with E-state index in [1.807, 2.05) is 50.3 Å². The van der Waals surface area contributed by atoms with Crippen LogP contribution in [-0.4, -0.2) is 0 Å². The van der Waals surface area contributed by atoms with Crippen molar-refractivity contribution in [3.05, 3.63) is 60.8 Å². The van der Waals surface area contributed by atoms with Crippen molar-refractivity contribution in [3.63, 3.8) is 0 Å². The van der Waals surface area contributed by atoms with Crippen molar-refractivity contribution >= 4 is 0 Å². The summed E-state index contributed by atoms with van der Waals surface area (Å²) in [6, 6.07) is 0. The molecule has 0 radical (unpaired) electrons. The Morgan fingerprint density at radius 2 is 1.17 bits per heavy atom. The van der Waals surface area contributed by atoms with E-state index in [4.69, 9.17) is 0 Å². The summed E-state index contributed by atoms with van der Waals surface area (Å²) in [5.41, 5.74) is 2.33. The minimum atomic E-state index is 1.16. The molecule has 0 fully saturated rings. The summed E-state index contributed by atoms with van der Waals surface area (Å²) < 4.78 is 0. The first-order valence-corrected chi connectivity index (χ1v) is 3.97. The minimum absolute atomic E-state index is 1.16. The molecule has 0 aromatic heterocycles. The molecule has 0 aromatic carbocycles. The highest BCUT2D eigenvalue weighted by Crippen LogP contribution is 1.95. The van der Waals surface area contributed by atoms with E-state index in [9.17, 15) is 0 Å². The Bertz CT molecular complexity index is 211. The number of rotatable bonds is 4. The molecule has 64 valence electrons. The molecule has 0 bridgehead atoms. The summed E-state index contributed by atoms with van der Waals surface area (Å²) in [5.74, 6) is 0. The second-order valence-corrected chi connectivity index (χ2v) is 2.61. The van der Waals surface area contributed by atoms with Gasteiger partial charge in [0, 0.05) is 0 Å². The van der Waals surface area contributed by atoms with Gasteiger partial charge in [-0.05, 0) is 13.8 Å². The van der Waals surface area contributed by atoms with E-state index in [-0.39, 0.29) is 0 Å². The van der Waals surface area contributed by atoms with Gasteiger partial charge < -0.3 is 0 Å². The Hall–Kier alpha value is -1.30. The summed E-state index contributed by atoms with van der Waals surface area (Å²) >= 11 is 0. The van der Waals surface area contributed by atoms with Crippen molar-refractivity contribution in [1.82, 2.24) is 0 Å². The van der Waals surface area contributed by atoms with Crippen LogP contribution in [0.3, 0.4) is 0 Å². The van der Waals surface area contributed by atoms with E-state index >= 15 is 0 Å². The van der Waals surface area contributed by atoms with Gasteiger partial charge in [-0.3, -0.25) is 0 Å². The SMILES string of the molecule is C=CC(C)=CC=CC=C(C)C=C. The van der Waals surface area contributed by atoms with Crippen LogP contribution in [0, 0.1) is 0 Å². The maximum atomic E-state index is 3.66. The molecule has 0 aromatic rings. The Kier molecular flexibility index (Phi) is 5.72. The summed E-state index contributed by atoms with van der Waals surface area (Å²) in [6.45, 7) is 11.3. The first kappa shape index (κ1) is 10.7. The zero-order chi connectivity index (χ0) is 9.40. The lowest BCUT2D eigenvalue weighted by Crippen LogP contribution is -1.64. The van der Waals surface area contributed by atoms with Crippen LogP contribution in [0.25, 0.3) is 0 Å². The van der Waals surface area contributed by atoms with Crippen molar-refractivity contribution < 1.29 is 0 Å². The van der Waals surface area contributed by atoms with Crippen molar-refractivity contribution in [1.29, 1.82) is 0 Å². The lowest BCUT2D eigenvalue weighted by Gasteiger charge is -1.85. The van der Waals surface area contributed by atoms with Crippen LogP contribution in [0.2, 0.25) is 0 Å². The van der Waals surface area contributed by atoms with Gasteiger partial charge in [0.25, 0.3) is 0 Å². The van der Waals surface area contributed by atoms with Gasteiger partial charge >= 0.3 is 0 Å². The number of hydrogen-bond donors (Lipinski definition) is 0. The van der Waals surface area contributed by atoms with E-state index in [1.165, 1.54) is 0 Å². The number of allylic oxidation sites excluding steroid dienone is 8. The quantitative estimate of drug-likeness (QED) is 0.549. The third-order valence-corrected chi connectivity index (χ3v) is 1.47. The molecule has 0 nitrogen and oxygen atoms in total. The van der Waals surface area contributed by atoms with Crippen LogP contribution in [0.5, 0.6) is 0 Å². The maximum Gasteiger partial charge on any atom is -0.0398 e. The fraction of sp³-hybridized carbons (Fsp3) is 0.167. The topological polar surface area (TPSA) is 0 Å². The lowest BCUT2D eigenvalue weighted by atomic mass is 10.2. The number of hydrogen-bond acceptors (Lipinski definition) is 0. The molecule has 0 aliphatic carbocycles. The molecule has 0 aliphatic heterocycles. The van der Waals surface area contributed by atoms with E-state index in [0.717, 1.165) is 11.1 Å². The van der Waals surface area contributed by atoms with E-state index in [1.54, 1.807) is 0 Å². The van der Waals surface area contributed by atoms with Gasteiger partial charge in [0.2, 0.25) is 0 Å². The normalized spacial score (nSPS) is 13.5. The molecule has 12 heavy (non-hydrogen) atoms. The summed E-state index contributed by atoms with van der Waals surface area (Å²) in [7, 11) is 0. The predicted molar refractivity (Wildman–Crippen MR) is 57.0 cm³/mol. The van der Waals surface area contributed by atoms with Crippen molar-refractivity contribution in [3.8, 4) is 0 Å². The van der Waals surface area contributed by atoms with Crippen LogP contribution in [0.15, 0.2) is 60.8 Å². The van der Waals surface area contributed by atoms with Gasteiger partial charge in [0.05, 0.1) is 0 Å². The predicted octanol–water partition coefficient (Wildman–Crippen LogP) is 3.81. The van der Waals surface area contributed by atoms with Crippen molar-refractivity contribution in [2.24, 2.45) is 0 Å². The molecular weight excluding hydrogens is 144 g/mol. The molecule has 0 spiro atoms. The third-order valence-electron chi connectivity index (χ3n) is 1.47. The van der Waals surface area contributed by atoms with Crippen molar-refractivity contribution in [2.75, 3.05) is 0 Å². The first-order chi connectivity index (χ1) is 5.70. The summed E-state index contributed by atoms with van der Waals surface area (Å²) in [4.78, 5) is 0. The fourth-order valence-electron chi connectivity index (χ4n) is 0.551.